The van der Waals surface area contributed by atoms with E-state index in [1.54, 1.807) is 0 Å². The van der Waals surface area contributed by atoms with Gasteiger partial charge in [0, 0.05) is 24.3 Å². The lowest BCUT2D eigenvalue weighted by Gasteiger charge is -2.21. The number of rotatable bonds is 4. The molecule has 1 atom stereocenters. The third-order valence-corrected chi connectivity index (χ3v) is 5.36. The van der Waals surface area contributed by atoms with Crippen molar-refractivity contribution >= 4 is 34.1 Å². The molecule has 1 aliphatic heterocycles. The summed E-state index contributed by atoms with van der Waals surface area (Å²) in [6, 6.07) is 15.6. The molecule has 0 bridgehead atoms. The second kappa shape index (κ2) is 7.84. The number of aromatic nitrogens is 1. The first-order valence-electron chi connectivity index (χ1n) is 9.63. The van der Waals surface area contributed by atoms with Crippen LogP contribution in [0.2, 0.25) is 5.15 Å². The van der Waals surface area contributed by atoms with Crippen LogP contribution in [0.3, 0.4) is 0 Å². The lowest BCUT2D eigenvalue weighted by atomic mass is 9.98. The standard InChI is InChI=1S/C23H22ClN3O2/c1-4-29-18-9-10-20-17(11-18)12-19(23(24)25-20)22-13-21(26-27(22)15(3)28)16-7-5-14(2)6-8-16/h5-12,22H,4,13H2,1-3H3. The number of nitrogens with zero attached hydrogens (tertiary/aromatic N) is 3. The maximum Gasteiger partial charge on any atom is 0.240 e. The Morgan fingerprint density at radius 2 is 1.97 bits per heavy atom. The molecule has 3 aromatic rings. The van der Waals surface area contributed by atoms with Crippen LogP contribution < -0.4 is 4.74 Å². The van der Waals surface area contributed by atoms with Crippen molar-refractivity contribution in [2.45, 2.75) is 33.2 Å². The number of hydrogen-bond acceptors (Lipinski definition) is 4. The zero-order valence-electron chi connectivity index (χ0n) is 16.6. The van der Waals surface area contributed by atoms with Crippen molar-refractivity contribution in [1.29, 1.82) is 0 Å². The predicted octanol–water partition coefficient (Wildman–Crippen LogP) is 5.29. The Kier molecular flexibility index (Phi) is 5.24. The van der Waals surface area contributed by atoms with Gasteiger partial charge in [0.1, 0.15) is 10.9 Å². The minimum absolute atomic E-state index is 0.128. The van der Waals surface area contributed by atoms with E-state index in [1.165, 1.54) is 17.5 Å². The first-order valence-corrected chi connectivity index (χ1v) is 10.0. The molecule has 2 heterocycles. The molecule has 1 unspecified atom stereocenters. The number of carbonyl (C=O) groups excluding carboxylic acids is 1. The Labute approximate surface area is 175 Å². The number of hydrogen-bond donors (Lipinski definition) is 0. The van der Waals surface area contributed by atoms with Crippen molar-refractivity contribution in [1.82, 2.24) is 9.99 Å². The minimum atomic E-state index is -0.288. The van der Waals surface area contributed by atoms with Gasteiger partial charge >= 0.3 is 0 Å². The van der Waals surface area contributed by atoms with Gasteiger partial charge in [0.25, 0.3) is 0 Å². The Hall–Kier alpha value is -2.92. The third kappa shape index (κ3) is 3.83. The molecule has 1 amide bonds. The summed E-state index contributed by atoms with van der Waals surface area (Å²) in [5, 5.41) is 7.42. The van der Waals surface area contributed by atoms with Gasteiger partial charge in [-0.15, -0.1) is 0 Å². The van der Waals surface area contributed by atoms with Gasteiger partial charge in [-0.1, -0.05) is 41.4 Å². The van der Waals surface area contributed by atoms with Crippen LogP contribution in [-0.4, -0.2) is 28.2 Å². The molecule has 5 nitrogen and oxygen atoms in total. The fraction of sp³-hybridized carbons (Fsp3) is 0.261. The first-order chi connectivity index (χ1) is 14.0. The average Bonchev–Trinajstić information content (AvgIpc) is 3.14. The van der Waals surface area contributed by atoms with Gasteiger partial charge in [0.2, 0.25) is 5.91 Å². The van der Waals surface area contributed by atoms with E-state index in [-0.39, 0.29) is 11.9 Å². The molecular weight excluding hydrogens is 386 g/mol. The summed E-state index contributed by atoms with van der Waals surface area (Å²) in [7, 11) is 0. The molecule has 0 saturated carbocycles. The van der Waals surface area contributed by atoms with Crippen molar-refractivity contribution in [3.05, 3.63) is 70.4 Å². The summed E-state index contributed by atoms with van der Waals surface area (Å²) < 4.78 is 5.61. The molecule has 2 aromatic carbocycles. The largest absolute Gasteiger partial charge is 0.494 e. The van der Waals surface area contributed by atoms with Crippen LogP contribution >= 0.6 is 11.6 Å². The molecule has 0 fully saturated rings. The molecule has 0 radical (unpaired) electrons. The van der Waals surface area contributed by atoms with Crippen LogP contribution in [0.4, 0.5) is 0 Å². The molecule has 0 saturated heterocycles. The van der Waals surface area contributed by atoms with E-state index in [0.29, 0.717) is 18.2 Å². The minimum Gasteiger partial charge on any atom is -0.494 e. The summed E-state index contributed by atoms with van der Waals surface area (Å²) in [6.07, 6.45) is 0.584. The topological polar surface area (TPSA) is 54.8 Å². The van der Waals surface area contributed by atoms with Gasteiger partial charge in [0.05, 0.1) is 23.9 Å². The normalized spacial score (nSPS) is 16.2. The quantitative estimate of drug-likeness (QED) is 0.552. The highest BCUT2D eigenvalue weighted by molar-refractivity contribution is 6.30. The zero-order valence-corrected chi connectivity index (χ0v) is 17.4. The summed E-state index contributed by atoms with van der Waals surface area (Å²) in [6.45, 7) is 6.10. The van der Waals surface area contributed by atoms with Crippen LogP contribution in [0.15, 0.2) is 53.6 Å². The van der Waals surface area contributed by atoms with Crippen molar-refractivity contribution in [2.24, 2.45) is 5.10 Å². The van der Waals surface area contributed by atoms with E-state index >= 15 is 0 Å². The summed E-state index contributed by atoms with van der Waals surface area (Å²) in [5.41, 5.74) is 4.62. The molecule has 0 N–H and O–H groups in total. The van der Waals surface area contributed by atoms with E-state index in [4.69, 9.17) is 16.3 Å². The van der Waals surface area contributed by atoms with Crippen molar-refractivity contribution in [2.75, 3.05) is 6.61 Å². The smallest absolute Gasteiger partial charge is 0.240 e. The molecule has 0 aliphatic carbocycles. The number of amides is 1. The van der Waals surface area contributed by atoms with E-state index in [1.807, 2.05) is 62.4 Å². The monoisotopic (exact) mass is 407 g/mol. The van der Waals surface area contributed by atoms with Gasteiger partial charge in [-0.05, 0) is 43.7 Å². The van der Waals surface area contributed by atoms with E-state index in [2.05, 4.69) is 10.1 Å². The summed E-state index contributed by atoms with van der Waals surface area (Å²) >= 11 is 6.54. The number of aryl methyl sites for hydroxylation is 1. The van der Waals surface area contributed by atoms with E-state index in [0.717, 1.165) is 33.5 Å². The van der Waals surface area contributed by atoms with Gasteiger partial charge in [-0.25, -0.2) is 9.99 Å². The van der Waals surface area contributed by atoms with Crippen LogP contribution in [0.1, 0.15) is 43.0 Å². The maximum atomic E-state index is 12.3. The van der Waals surface area contributed by atoms with Gasteiger partial charge in [0.15, 0.2) is 0 Å². The zero-order chi connectivity index (χ0) is 20.5. The SMILES string of the molecule is CCOc1ccc2nc(Cl)c(C3CC(c4ccc(C)cc4)=NN3C(C)=O)cc2c1. The second-order valence-electron chi connectivity index (χ2n) is 7.15. The fourth-order valence-corrected chi connectivity index (χ4v) is 3.87. The number of halogens is 1. The number of pyridine rings is 1. The highest BCUT2D eigenvalue weighted by Crippen LogP contribution is 2.37. The number of carbonyl (C=O) groups is 1. The molecule has 4 rings (SSSR count). The Bertz CT molecular complexity index is 1110. The predicted molar refractivity (Wildman–Crippen MR) is 116 cm³/mol. The highest BCUT2D eigenvalue weighted by atomic mass is 35.5. The lowest BCUT2D eigenvalue weighted by Crippen LogP contribution is -2.24. The first kappa shape index (κ1) is 19.4. The van der Waals surface area contributed by atoms with Gasteiger partial charge in [-0.3, -0.25) is 4.79 Å². The van der Waals surface area contributed by atoms with E-state index in [9.17, 15) is 4.79 Å². The second-order valence-corrected chi connectivity index (χ2v) is 7.51. The lowest BCUT2D eigenvalue weighted by molar-refractivity contribution is -0.130. The molecule has 1 aliphatic rings. The van der Waals surface area contributed by atoms with Gasteiger partial charge in [-0.2, -0.15) is 5.10 Å². The maximum absolute atomic E-state index is 12.3. The van der Waals surface area contributed by atoms with Crippen LogP contribution in [-0.2, 0) is 4.79 Å². The average molecular weight is 408 g/mol. The Balaban J connectivity index is 1.74. The Morgan fingerprint density at radius 3 is 2.66 bits per heavy atom. The third-order valence-electron chi connectivity index (χ3n) is 5.05. The molecule has 148 valence electrons. The van der Waals surface area contributed by atoms with Crippen molar-refractivity contribution < 1.29 is 9.53 Å². The summed E-state index contributed by atoms with van der Waals surface area (Å²) in [4.78, 5) is 16.9. The van der Waals surface area contributed by atoms with Crippen molar-refractivity contribution in [3.8, 4) is 5.75 Å². The number of fused-ring (bicyclic) bond motifs is 1. The number of hydrazone groups is 1. The molecule has 6 heteroatoms. The number of benzene rings is 2. The molecule has 1 aromatic heterocycles. The fourth-order valence-electron chi connectivity index (χ4n) is 3.60. The summed E-state index contributed by atoms with van der Waals surface area (Å²) in [5.74, 6) is 0.651. The van der Waals surface area contributed by atoms with E-state index < -0.39 is 0 Å². The molecular formula is C23H22ClN3O2. The van der Waals surface area contributed by atoms with Crippen LogP contribution in [0, 0.1) is 6.92 Å². The Morgan fingerprint density at radius 1 is 1.21 bits per heavy atom. The number of ether oxygens (including phenoxy) is 1. The highest BCUT2D eigenvalue weighted by Gasteiger charge is 2.33. The van der Waals surface area contributed by atoms with Crippen LogP contribution in [0.25, 0.3) is 10.9 Å². The van der Waals surface area contributed by atoms with Crippen molar-refractivity contribution in [3.63, 3.8) is 0 Å². The molecule has 29 heavy (non-hydrogen) atoms. The van der Waals surface area contributed by atoms with Crippen LogP contribution in [0.5, 0.6) is 5.75 Å². The molecule has 0 spiro atoms. The van der Waals surface area contributed by atoms with Gasteiger partial charge < -0.3 is 4.74 Å².